The third-order valence-electron chi connectivity index (χ3n) is 3.31. The van der Waals surface area contributed by atoms with E-state index in [0.717, 1.165) is 11.8 Å². The standard InChI is InChI=1S/C15H14N4O4S2/c1-7-9(3-5-22-7)13-18-19-15(23-13)25-8(2)12(21)17-14-10(11(16)20)4-6-24-14/h3-6,8H,1-2H3,(H2,16,20)(H,17,21). The van der Waals surface area contributed by atoms with Crippen molar-refractivity contribution in [3.63, 3.8) is 0 Å². The summed E-state index contributed by atoms with van der Waals surface area (Å²) in [4.78, 5) is 23.6. The fourth-order valence-electron chi connectivity index (χ4n) is 1.99. The van der Waals surface area contributed by atoms with Gasteiger partial charge in [0.15, 0.2) is 0 Å². The first-order valence-corrected chi connectivity index (χ1v) is 8.94. The van der Waals surface area contributed by atoms with Crippen LogP contribution in [0.4, 0.5) is 5.00 Å². The SMILES string of the molecule is Cc1occc1-c1nnc(SC(C)C(=O)Nc2sccc2C(N)=O)o1. The molecule has 3 aromatic rings. The molecule has 0 aliphatic heterocycles. The summed E-state index contributed by atoms with van der Waals surface area (Å²) < 4.78 is 10.8. The van der Waals surface area contributed by atoms with Crippen LogP contribution in [-0.2, 0) is 4.79 Å². The van der Waals surface area contributed by atoms with Crippen LogP contribution in [0.3, 0.4) is 0 Å². The Labute approximate surface area is 150 Å². The molecule has 3 rings (SSSR count). The Balaban J connectivity index is 1.66. The van der Waals surface area contributed by atoms with E-state index in [9.17, 15) is 9.59 Å². The summed E-state index contributed by atoms with van der Waals surface area (Å²) in [5.74, 6) is 0.112. The molecule has 3 aromatic heterocycles. The number of primary amides is 1. The van der Waals surface area contributed by atoms with E-state index >= 15 is 0 Å². The van der Waals surface area contributed by atoms with Gasteiger partial charge in [-0.05, 0) is 31.4 Å². The van der Waals surface area contributed by atoms with Gasteiger partial charge in [0, 0.05) is 0 Å². The fraction of sp³-hybridized carbons (Fsp3) is 0.200. The minimum absolute atomic E-state index is 0.263. The van der Waals surface area contributed by atoms with Gasteiger partial charge in [0.25, 0.3) is 17.0 Å². The summed E-state index contributed by atoms with van der Waals surface area (Å²) in [7, 11) is 0. The average Bonchev–Trinajstić information content (AvgIpc) is 3.27. The predicted molar refractivity (Wildman–Crippen MR) is 93.5 cm³/mol. The molecular formula is C15H14N4O4S2. The van der Waals surface area contributed by atoms with Gasteiger partial charge in [-0.15, -0.1) is 21.5 Å². The number of furan rings is 1. The summed E-state index contributed by atoms with van der Waals surface area (Å²) in [6.45, 7) is 3.49. The largest absolute Gasteiger partial charge is 0.469 e. The molecule has 1 atom stereocenters. The third kappa shape index (κ3) is 3.74. The molecule has 0 aromatic carbocycles. The van der Waals surface area contributed by atoms with Crippen LogP contribution in [0.1, 0.15) is 23.0 Å². The minimum atomic E-state index is -0.589. The number of amides is 2. The lowest BCUT2D eigenvalue weighted by Gasteiger charge is -2.09. The number of aromatic nitrogens is 2. The van der Waals surface area contributed by atoms with Crippen molar-refractivity contribution in [2.75, 3.05) is 5.32 Å². The van der Waals surface area contributed by atoms with Crippen molar-refractivity contribution in [3.8, 4) is 11.5 Å². The number of hydrogen-bond acceptors (Lipinski definition) is 8. The maximum Gasteiger partial charge on any atom is 0.277 e. The molecule has 0 aliphatic rings. The third-order valence-corrected chi connectivity index (χ3v) is 5.07. The summed E-state index contributed by atoms with van der Waals surface area (Å²) in [6, 6.07) is 3.30. The van der Waals surface area contributed by atoms with Crippen LogP contribution in [0.5, 0.6) is 0 Å². The van der Waals surface area contributed by atoms with E-state index in [0.29, 0.717) is 22.2 Å². The van der Waals surface area contributed by atoms with Crippen molar-refractivity contribution in [2.45, 2.75) is 24.3 Å². The van der Waals surface area contributed by atoms with Gasteiger partial charge in [-0.1, -0.05) is 11.8 Å². The minimum Gasteiger partial charge on any atom is -0.469 e. The van der Waals surface area contributed by atoms with Gasteiger partial charge in [-0.2, -0.15) is 0 Å². The molecule has 2 amide bonds. The van der Waals surface area contributed by atoms with E-state index in [1.165, 1.54) is 17.6 Å². The molecule has 1 unspecified atom stereocenters. The van der Waals surface area contributed by atoms with E-state index in [-0.39, 0.29) is 16.7 Å². The van der Waals surface area contributed by atoms with E-state index < -0.39 is 11.2 Å². The Morgan fingerprint density at radius 1 is 1.36 bits per heavy atom. The predicted octanol–water partition coefficient (Wildman–Crippen LogP) is 2.92. The number of nitrogens with zero attached hydrogens (tertiary/aromatic N) is 2. The molecule has 0 saturated heterocycles. The molecule has 8 nitrogen and oxygen atoms in total. The number of anilines is 1. The van der Waals surface area contributed by atoms with Crippen LogP contribution in [-0.4, -0.2) is 27.3 Å². The number of hydrogen-bond donors (Lipinski definition) is 2. The van der Waals surface area contributed by atoms with Crippen molar-refractivity contribution in [1.29, 1.82) is 0 Å². The summed E-state index contributed by atoms with van der Waals surface area (Å²) in [5, 5.41) is 12.4. The molecule has 130 valence electrons. The highest BCUT2D eigenvalue weighted by Gasteiger charge is 2.21. The quantitative estimate of drug-likeness (QED) is 0.632. The first-order chi connectivity index (χ1) is 12.0. The zero-order valence-corrected chi connectivity index (χ0v) is 14.9. The van der Waals surface area contributed by atoms with Crippen molar-refractivity contribution in [3.05, 3.63) is 35.1 Å². The Kier molecular flexibility index (Phi) is 4.91. The maximum atomic E-state index is 12.3. The average molecular weight is 378 g/mol. The Hall–Kier alpha value is -2.59. The van der Waals surface area contributed by atoms with Crippen LogP contribution >= 0.6 is 23.1 Å². The summed E-state index contributed by atoms with van der Waals surface area (Å²) in [5.41, 5.74) is 6.26. The highest BCUT2D eigenvalue weighted by Crippen LogP contribution is 2.29. The molecule has 0 saturated carbocycles. The zero-order chi connectivity index (χ0) is 18.0. The Morgan fingerprint density at radius 3 is 2.84 bits per heavy atom. The maximum absolute atomic E-state index is 12.3. The lowest BCUT2D eigenvalue weighted by atomic mass is 10.3. The molecule has 3 heterocycles. The van der Waals surface area contributed by atoms with Gasteiger partial charge in [-0.3, -0.25) is 9.59 Å². The van der Waals surface area contributed by atoms with Gasteiger partial charge in [0.05, 0.1) is 22.6 Å². The lowest BCUT2D eigenvalue weighted by molar-refractivity contribution is -0.115. The van der Waals surface area contributed by atoms with Gasteiger partial charge >= 0.3 is 0 Å². The molecular weight excluding hydrogens is 364 g/mol. The topological polar surface area (TPSA) is 124 Å². The van der Waals surface area contributed by atoms with E-state index in [4.69, 9.17) is 14.6 Å². The number of aryl methyl sites for hydroxylation is 1. The van der Waals surface area contributed by atoms with Crippen LogP contribution in [0.15, 0.2) is 37.8 Å². The highest BCUT2D eigenvalue weighted by atomic mass is 32.2. The smallest absolute Gasteiger partial charge is 0.277 e. The fourth-order valence-corrected chi connectivity index (χ4v) is 3.47. The second kappa shape index (κ2) is 7.11. The summed E-state index contributed by atoms with van der Waals surface area (Å²) in [6.07, 6.45) is 1.54. The zero-order valence-electron chi connectivity index (χ0n) is 13.3. The monoisotopic (exact) mass is 378 g/mol. The molecule has 0 aliphatic carbocycles. The number of thioether (sulfide) groups is 1. The van der Waals surface area contributed by atoms with Crippen LogP contribution < -0.4 is 11.1 Å². The van der Waals surface area contributed by atoms with Gasteiger partial charge < -0.3 is 19.9 Å². The molecule has 0 spiro atoms. The lowest BCUT2D eigenvalue weighted by Crippen LogP contribution is -2.23. The van der Waals surface area contributed by atoms with Gasteiger partial charge in [0.2, 0.25) is 5.91 Å². The second-order valence-corrected chi connectivity index (χ2v) is 7.25. The normalized spacial score (nSPS) is 12.1. The molecule has 0 radical (unpaired) electrons. The first kappa shape index (κ1) is 17.2. The van der Waals surface area contributed by atoms with Crippen molar-refractivity contribution in [1.82, 2.24) is 10.2 Å². The first-order valence-electron chi connectivity index (χ1n) is 7.18. The summed E-state index contributed by atoms with van der Waals surface area (Å²) >= 11 is 2.35. The van der Waals surface area contributed by atoms with E-state index in [1.807, 2.05) is 0 Å². The highest BCUT2D eigenvalue weighted by molar-refractivity contribution is 8.00. The molecule has 10 heteroatoms. The van der Waals surface area contributed by atoms with E-state index in [2.05, 4.69) is 15.5 Å². The van der Waals surface area contributed by atoms with Crippen molar-refractivity contribution < 1.29 is 18.4 Å². The van der Waals surface area contributed by atoms with Crippen molar-refractivity contribution >= 4 is 39.9 Å². The van der Waals surface area contributed by atoms with Crippen LogP contribution in [0, 0.1) is 6.92 Å². The second-order valence-electron chi connectivity index (χ2n) is 5.04. The van der Waals surface area contributed by atoms with Crippen molar-refractivity contribution in [2.24, 2.45) is 5.73 Å². The van der Waals surface area contributed by atoms with Crippen LogP contribution in [0.25, 0.3) is 11.5 Å². The number of rotatable bonds is 6. The number of carbonyl (C=O) groups excluding carboxylic acids is 2. The van der Waals surface area contributed by atoms with E-state index in [1.54, 1.807) is 31.4 Å². The number of nitrogens with two attached hydrogens (primary N) is 1. The molecule has 3 N–H and O–H groups in total. The Morgan fingerprint density at radius 2 is 2.16 bits per heavy atom. The number of carbonyl (C=O) groups is 2. The molecule has 25 heavy (non-hydrogen) atoms. The van der Waals surface area contributed by atoms with Gasteiger partial charge in [-0.25, -0.2) is 0 Å². The molecule has 0 fully saturated rings. The molecule has 0 bridgehead atoms. The number of thiophene rings is 1. The van der Waals surface area contributed by atoms with Gasteiger partial charge in [0.1, 0.15) is 10.8 Å². The Bertz CT molecular complexity index is 914. The number of nitrogens with one attached hydrogen (secondary N) is 1. The van der Waals surface area contributed by atoms with Crippen LogP contribution in [0.2, 0.25) is 0 Å².